The molecule has 146 valence electrons. The molecule has 1 rings (SSSR count). The van der Waals surface area contributed by atoms with E-state index in [1.54, 1.807) is 20.8 Å². The molecule has 0 aliphatic rings. The van der Waals surface area contributed by atoms with Crippen LogP contribution in [0.4, 0.5) is 20.6 Å². The Morgan fingerprint density at radius 2 is 1.81 bits per heavy atom. The van der Waals surface area contributed by atoms with Crippen LogP contribution in [0.15, 0.2) is 42.2 Å². The summed E-state index contributed by atoms with van der Waals surface area (Å²) in [4.78, 5) is 36.0. The minimum absolute atomic E-state index is 0.0219. The van der Waals surface area contributed by atoms with Crippen LogP contribution in [0.5, 0.6) is 0 Å². The van der Waals surface area contributed by atoms with Gasteiger partial charge in [0.25, 0.3) is 0 Å². The van der Waals surface area contributed by atoms with Gasteiger partial charge in [0.15, 0.2) is 5.78 Å². The second kappa shape index (κ2) is 9.37. The Morgan fingerprint density at radius 1 is 1.15 bits per heavy atom. The third-order valence-corrected chi connectivity index (χ3v) is 2.99. The highest BCUT2D eigenvalue weighted by molar-refractivity contribution is 6.12. The number of benzene rings is 1. The molecule has 0 saturated heterocycles. The molecule has 27 heavy (non-hydrogen) atoms. The average molecular weight is 378 g/mol. The van der Waals surface area contributed by atoms with Crippen LogP contribution in [-0.2, 0) is 14.3 Å². The largest absolute Gasteiger partial charge is 0.444 e. The Hall–Kier alpha value is -3.36. The third-order valence-electron chi connectivity index (χ3n) is 2.99. The van der Waals surface area contributed by atoms with Gasteiger partial charge in [-0.25, -0.2) is 9.18 Å². The fraction of sp³-hybridized carbons (Fsp3) is 0.278. The van der Waals surface area contributed by atoms with Crippen molar-refractivity contribution in [2.45, 2.75) is 32.8 Å². The van der Waals surface area contributed by atoms with Crippen LogP contribution in [0, 0.1) is 5.82 Å². The van der Waals surface area contributed by atoms with Gasteiger partial charge in [-0.05, 0) is 51.2 Å². The lowest BCUT2D eigenvalue weighted by Gasteiger charge is -2.20. The van der Waals surface area contributed by atoms with Crippen LogP contribution in [0.1, 0.15) is 27.2 Å². The zero-order valence-corrected chi connectivity index (χ0v) is 15.3. The summed E-state index contributed by atoms with van der Waals surface area (Å²) in [5, 5.41) is 4.80. The minimum Gasteiger partial charge on any atom is -0.444 e. The van der Waals surface area contributed by atoms with Crippen LogP contribution in [0.25, 0.3) is 0 Å². The average Bonchev–Trinajstić information content (AvgIpc) is 2.53. The Kier molecular flexibility index (Phi) is 7.52. The van der Waals surface area contributed by atoms with Gasteiger partial charge in [0.05, 0.1) is 17.8 Å². The third kappa shape index (κ3) is 7.59. The fourth-order valence-corrected chi connectivity index (χ4v) is 1.93. The standard InChI is InChI=1S/C18H23FN4O4/c1-18(2,3)27-17(26)23-13-5-4-12(19)8-14(13)22-16(25)9-15(24)11(10-21)6-7-20/h4-8,10H,9,20-21H2,1-3H3,(H,22,25)(H,23,26)/b7-6-,11-10+. The summed E-state index contributed by atoms with van der Waals surface area (Å²) in [5.41, 5.74) is 9.92. The van der Waals surface area contributed by atoms with E-state index in [9.17, 15) is 18.8 Å². The van der Waals surface area contributed by atoms with Crippen LogP contribution in [0.3, 0.4) is 0 Å². The molecule has 0 saturated carbocycles. The first-order valence-corrected chi connectivity index (χ1v) is 7.98. The molecule has 0 unspecified atom stereocenters. The van der Waals surface area contributed by atoms with Gasteiger partial charge < -0.3 is 21.5 Å². The Balaban J connectivity index is 2.90. The highest BCUT2D eigenvalue weighted by Crippen LogP contribution is 2.24. The van der Waals surface area contributed by atoms with E-state index >= 15 is 0 Å². The zero-order valence-electron chi connectivity index (χ0n) is 15.3. The van der Waals surface area contributed by atoms with Crippen LogP contribution in [-0.4, -0.2) is 23.4 Å². The maximum atomic E-state index is 13.5. The van der Waals surface area contributed by atoms with Crippen molar-refractivity contribution < 1.29 is 23.5 Å². The van der Waals surface area contributed by atoms with E-state index in [1.807, 2.05) is 0 Å². The summed E-state index contributed by atoms with van der Waals surface area (Å²) < 4.78 is 18.7. The molecule has 6 N–H and O–H groups in total. The highest BCUT2D eigenvalue weighted by Gasteiger charge is 2.19. The van der Waals surface area contributed by atoms with Gasteiger partial charge in [0.1, 0.15) is 11.4 Å². The van der Waals surface area contributed by atoms with Crippen molar-refractivity contribution in [2.75, 3.05) is 10.6 Å². The Labute approximate surface area is 156 Å². The zero-order chi connectivity index (χ0) is 20.6. The molecule has 0 atom stereocenters. The van der Waals surface area contributed by atoms with Gasteiger partial charge in [-0.1, -0.05) is 0 Å². The maximum absolute atomic E-state index is 13.5. The van der Waals surface area contributed by atoms with Crippen LogP contribution >= 0.6 is 0 Å². The van der Waals surface area contributed by atoms with E-state index in [-0.39, 0.29) is 16.9 Å². The molecule has 0 fully saturated rings. The number of nitrogens with one attached hydrogen (secondary N) is 2. The number of ether oxygens (including phenoxy) is 1. The predicted molar refractivity (Wildman–Crippen MR) is 100 cm³/mol. The number of ketones is 1. The molecule has 8 nitrogen and oxygen atoms in total. The Morgan fingerprint density at radius 3 is 2.37 bits per heavy atom. The van der Waals surface area contributed by atoms with E-state index in [4.69, 9.17) is 16.2 Å². The van der Waals surface area contributed by atoms with Crippen LogP contribution < -0.4 is 22.1 Å². The molecule has 0 bridgehead atoms. The topological polar surface area (TPSA) is 137 Å². The minimum atomic E-state index is -0.776. The fourth-order valence-electron chi connectivity index (χ4n) is 1.93. The van der Waals surface area contributed by atoms with Gasteiger partial charge in [-0.3, -0.25) is 14.9 Å². The van der Waals surface area contributed by atoms with Crippen molar-refractivity contribution in [2.24, 2.45) is 11.5 Å². The normalized spacial score (nSPS) is 11.9. The molecule has 1 aromatic carbocycles. The van der Waals surface area contributed by atoms with Crippen molar-refractivity contribution in [1.82, 2.24) is 0 Å². The SMILES string of the molecule is CC(C)(C)OC(=O)Nc1ccc(F)cc1NC(=O)CC(=O)C(/C=C\N)=C/N. The van der Waals surface area contributed by atoms with Crippen LogP contribution in [0.2, 0.25) is 0 Å². The predicted octanol–water partition coefficient (Wildman–Crippen LogP) is 2.39. The summed E-state index contributed by atoms with van der Waals surface area (Å²) >= 11 is 0. The molecular weight excluding hydrogens is 355 g/mol. The highest BCUT2D eigenvalue weighted by atomic mass is 19.1. The Bertz CT molecular complexity index is 782. The number of carbonyl (C=O) groups excluding carboxylic acids is 3. The van der Waals surface area contributed by atoms with Gasteiger partial charge in [-0.15, -0.1) is 0 Å². The lowest BCUT2D eigenvalue weighted by atomic mass is 10.1. The first-order chi connectivity index (χ1) is 12.6. The molecule has 0 radical (unpaired) electrons. The number of amides is 2. The molecule has 2 amide bonds. The molecule has 9 heteroatoms. The number of allylic oxidation sites excluding steroid dienone is 2. The molecular formula is C18H23FN4O4. The van der Waals surface area contributed by atoms with Gasteiger partial charge in [0, 0.05) is 11.8 Å². The van der Waals surface area contributed by atoms with Gasteiger partial charge >= 0.3 is 6.09 Å². The molecule has 0 aliphatic carbocycles. The number of hydrogen-bond donors (Lipinski definition) is 4. The van der Waals surface area contributed by atoms with E-state index in [2.05, 4.69) is 10.6 Å². The first kappa shape index (κ1) is 21.7. The van der Waals surface area contributed by atoms with Crippen molar-refractivity contribution in [3.8, 4) is 0 Å². The monoisotopic (exact) mass is 378 g/mol. The van der Waals surface area contributed by atoms with E-state index in [0.29, 0.717) is 0 Å². The van der Waals surface area contributed by atoms with Gasteiger partial charge in [0.2, 0.25) is 5.91 Å². The molecule has 0 aromatic heterocycles. The number of halogens is 1. The maximum Gasteiger partial charge on any atom is 0.412 e. The summed E-state index contributed by atoms with van der Waals surface area (Å²) in [5.74, 6) is -1.93. The number of nitrogens with two attached hydrogens (primary N) is 2. The smallest absolute Gasteiger partial charge is 0.412 e. The summed E-state index contributed by atoms with van der Waals surface area (Å²) in [7, 11) is 0. The molecule has 0 heterocycles. The lowest BCUT2D eigenvalue weighted by molar-refractivity contribution is -0.123. The quantitative estimate of drug-likeness (QED) is 0.341. The number of rotatable bonds is 6. The number of hydrogen-bond acceptors (Lipinski definition) is 6. The second-order valence-corrected chi connectivity index (χ2v) is 6.45. The van der Waals surface area contributed by atoms with Crippen molar-refractivity contribution in [3.05, 3.63) is 48.1 Å². The number of carbonyl (C=O) groups is 3. The van der Waals surface area contributed by atoms with E-state index < -0.39 is 35.6 Å². The summed E-state index contributed by atoms with van der Waals surface area (Å²) in [6.45, 7) is 5.05. The van der Waals surface area contributed by atoms with Crippen molar-refractivity contribution in [1.29, 1.82) is 0 Å². The lowest BCUT2D eigenvalue weighted by Crippen LogP contribution is -2.27. The molecule has 1 aromatic rings. The van der Waals surface area contributed by atoms with Crippen molar-refractivity contribution in [3.63, 3.8) is 0 Å². The second-order valence-electron chi connectivity index (χ2n) is 6.45. The van der Waals surface area contributed by atoms with Crippen molar-refractivity contribution >= 4 is 29.2 Å². The summed E-state index contributed by atoms with van der Waals surface area (Å²) in [6, 6.07) is 3.38. The molecule has 0 spiro atoms. The first-order valence-electron chi connectivity index (χ1n) is 7.98. The molecule has 0 aliphatic heterocycles. The summed E-state index contributed by atoms with van der Waals surface area (Å²) in [6.07, 6.45) is 2.08. The number of anilines is 2. The number of Topliss-reactive ketones (excluding diaryl/α,β-unsaturated/α-hetero) is 1. The van der Waals surface area contributed by atoms with E-state index in [1.165, 1.54) is 12.1 Å². The van der Waals surface area contributed by atoms with Gasteiger partial charge in [-0.2, -0.15) is 0 Å². The van der Waals surface area contributed by atoms with E-state index in [0.717, 1.165) is 24.5 Å².